The largest absolute Gasteiger partial charge is 0.493 e. The summed E-state index contributed by atoms with van der Waals surface area (Å²) < 4.78 is 10.8. The van der Waals surface area contributed by atoms with Gasteiger partial charge < -0.3 is 14.4 Å². The highest BCUT2D eigenvalue weighted by Gasteiger charge is 2.37. The number of nitrogens with zero attached hydrogens (tertiary/aromatic N) is 2. The van der Waals surface area contributed by atoms with Gasteiger partial charge in [-0.05, 0) is 53.9 Å². The Hall–Kier alpha value is -2.97. The minimum absolute atomic E-state index is 0.200. The third-order valence-electron chi connectivity index (χ3n) is 5.52. The molecule has 9 heteroatoms. The van der Waals surface area contributed by atoms with Crippen LogP contribution in [0.3, 0.4) is 0 Å². The molecule has 0 unspecified atom stereocenters. The van der Waals surface area contributed by atoms with E-state index >= 15 is 0 Å². The van der Waals surface area contributed by atoms with Crippen LogP contribution in [0.25, 0.3) is 6.08 Å². The van der Waals surface area contributed by atoms with Gasteiger partial charge in [-0.3, -0.25) is 19.3 Å². The van der Waals surface area contributed by atoms with Crippen LogP contribution < -0.4 is 9.47 Å². The fourth-order valence-electron chi connectivity index (χ4n) is 3.81. The molecular formula is C24H23ClN2O5S. The molecule has 0 aromatic heterocycles. The molecule has 2 heterocycles. The van der Waals surface area contributed by atoms with Crippen molar-refractivity contribution < 1.29 is 23.9 Å². The van der Waals surface area contributed by atoms with Crippen molar-refractivity contribution in [2.45, 2.75) is 19.9 Å². The Morgan fingerprint density at radius 3 is 2.67 bits per heavy atom. The van der Waals surface area contributed by atoms with Gasteiger partial charge in [-0.25, -0.2) is 0 Å². The minimum Gasteiger partial charge on any atom is -0.493 e. The number of halogens is 1. The molecular weight excluding hydrogens is 464 g/mol. The lowest BCUT2D eigenvalue weighted by Gasteiger charge is -2.29. The van der Waals surface area contributed by atoms with Crippen LogP contribution in [0.5, 0.6) is 11.5 Å². The first-order valence-electron chi connectivity index (χ1n) is 10.5. The third-order valence-corrected chi connectivity index (χ3v) is 6.75. The summed E-state index contributed by atoms with van der Waals surface area (Å²) in [7, 11) is 1.51. The molecule has 1 saturated heterocycles. The number of ether oxygens (including phenoxy) is 2. The molecule has 0 saturated carbocycles. The van der Waals surface area contributed by atoms with Crippen molar-refractivity contribution in [3.05, 3.63) is 63.0 Å². The number of amides is 3. The summed E-state index contributed by atoms with van der Waals surface area (Å²) in [6.45, 7) is 3.02. The van der Waals surface area contributed by atoms with Gasteiger partial charge in [-0.2, -0.15) is 0 Å². The molecule has 0 bridgehead atoms. The van der Waals surface area contributed by atoms with E-state index in [9.17, 15) is 14.4 Å². The number of hydrogen-bond donors (Lipinski definition) is 0. The highest BCUT2D eigenvalue weighted by molar-refractivity contribution is 8.18. The van der Waals surface area contributed by atoms with Crippen molar-refractivity contribution >= 4 is 46.5 Å². The molecule has 0 aliphatic carbocycles. The van der Waals surface area contributed by atoms with Gasteiger partial charge in [0.05, 0.1) is 23.6 Å². The summed E-state index contributed by atoms with van der Waals surface area (Å²) in [5.41, 5.74) is 2.83. The molecule has 0 atom stereocenters. The second-order valence-electron chi connectivity index (χ2n) is 7.56. The van der Waals surface area contributed by atoms with Crippen molar-refractivity contribution in [2.75, 3.05) is 26.8 Å². The van der Waals surface area contributed by atoms with Crippen molar-refractivity contribution in [1.82, 2.24) is 9.80 Å². The number of methoxy groups -OCH3 is 1. The first-order chi connectivity index (χ1) is 15.9. The van der Waals surface area contributed by atoms with Crippen molar-refractivity contribution in [2.24, 2.45) is 0 Å². The molecule has 1 fully saturated rings. The maximum absolute atomic E-state index is 12.9. The molecule has 3 amide bonds. The van der Waals surface area contributed by atoms with Gasteiger partial charge in [0.15, 0.2) is 11.5 Å². The van der Waals surface area contributed by atoms with E-state index in [-0.39, 0.29) is 17.4 Å². The van der Waals surface area contributed by atoms with Crippen LogP contribution in [0.2, 0.25) is 5.02 Å². The van der Waals surface area contributed by atoms with Crippen LogP contribution in [0.4, 0.5) is 4.79 Å². The number of carbonyl (C=O) groups excluding carboxylic acids is 3. The van der Waals surface area contributed by atoms with E-state index in [4.69, 9.17) is 21.1 Å². The van der Waals surface area contributed by atoms with Crippen LogP contribution in [0.1, 0.15) is 23.6 Å². The fraction of sp³-hybridized carbons (Fsp3) is 0.292. The van der Waals surface area contributed by atoms with E-state index in [1.165, 1.54) is 18.7 Å². The molecule has 2 aliphatic rings. The van der Waals surface area contributed by atoms with Gasteiger partial charge >= 0.3 is 0 Å². The quantitative estimate of drug-likeness (QED) is 0.564. The lowest BCUT2D eigenvalue weighted by molar-refractivity contribution is -0.136. The lowest BCUT2D eigenvalue weighted by Crippen LogP contribution is -2.44. The van der Waals surface area contributed by atoms with Crippen LogP contribution in [0, 0.1) is 0 Å². The van der Waals surface area contributed by atoms with Gasteiger partial charge in [-0.1, -0.05) is 35.9 Å². The Balaban J connectivity index is 1.50. The Morgan fingerprint density at radius 1 is 1.18 bits per heavy atom. The van der Waals surface area contributed by atoms with Gasteiger partial charge in [0.1, 0.15) is 6.54 Å². The second kappa shape index (κ2) is 9.89. The summed E-state index contributed by atoms with van der Waals surface area (Å²) in [6, 6.07) is 11.2. The molecule has 4 rings (SSSR count). The molecule has 7 nitrogen and oxygen atoms in total. The van der Waals surface area contributed by atoms with Crippen LogP contribution in [-0.4, -0.2) is 53.7 Å². The maximum Gasteiger partial charge on any atom is 0.294 e. The van der Waals surface area contributed by atoms with E-state index < -0.39 is 11.1 Å². The number of hydrogen-bond acceptors (Lipinski definition) is 6. The van der Waals surface area contributed by atoms with Gasteiger partial charge in [0.2, 0.25) is 5.91 Å². The average Bonchev–Trinajstić information content (AvgIpc) is 3.08. The topological polar surface area (TPSA) is 76.2 Å². The molecule has 2 aromatic carbocycles. The van der Waals surface area contributed by atoms with Crippen LogP contribution >= 0.6 is 23.4 Å². The Morgan fingerprint density at radius 2 is 1.94 bits per heavy atom. The standard InChI is InChI=1S/C24H23ClN2O5S/c1-3-32-20-10-17(18(25)12-19(20)31-2)11-21-23(29)27(24(30)33-21)14-22(28)26-9-8-15-6-4-5-7-16(15)13-26/h4-7,10-12H,3,8-9,13-14H2,1-2H3/b21-11-. The Bertz CT molecular complexity index is 1150. The predicted octanol–water partition coefficient (Wildman–Crippen LogP) is 4.37. The van der Waals surface area contributed by atoms with E-state index in [0.29, 0.717) is 41.8 Å². The molecule has 0 spiro atoms. The normalized spacial score (nSPS) is 16.9. The fourth-order valence-corrected chi connectivity index (χ4v) is 4.85. The SMILES string of the molecule is CCOc1cc(/C=C2\SC(=O)N(CC(=O)N3CCc4ccccc4C3)C2=O)c(Cl)cc1OC. The Kier molecular flexibility index (Phi) is 6.95. The molecule has 2 aliphatic heterocycles. The van der Waals surface area contributed by atoms with E-state index in [0.717, 1.165) is 28.6 Å². The molecule has 2 aromatic rings. The highest BCUT2D eigenvalue weighted by Crippen LogP contribution is 2.38. The van der Waals surface area contributed by atoms with Crippen LogP contribution in [0.15, 0.2) is 41.3 Å². The average molecular weight is 487 g/mol. The van der Waals surface area contributed by atoms with Crippen LogP contribution in [-0.2, 0) is 22.6 Å². The maximum atomic E-state index is 12.9. The molecule has 0 radical (unpaired) electrons. The van der Waals surface area contributed by atoms with Gasteiger partial charge in [0.25, 0.3) is 11.1 Å². The number of carbonyl (C=O) groups is 3. The number of imide groups is 1. The van der Waals surface area contributed by atoms with Crippen molar-refractivity contribution in [3.8, 4) is 11.5 Å². The molecule has 172 valence electrons. The van der Waals surface area contributed by atoms with Gasteiger partial charge in [0, 0.05) is 19.2 Å². The highest BCUT2D eigenvalue weighted by atomic mass is 35.5. The molecule has 0 N–H and O–H groups in total. The zero-order valence-corrected chi connectivity index (χ0v) is 19.9. The van der Waals surface area contributed by atoms with Crippen molar-refractivity contribution in [3.63, 3.8) is 0 Å². The van der Waals surface area contributed by atoms with E-state index in [2.05, 4.69) is 6.07 Å². The third kappa shape index (κ3) is 4.86. The van der Waals surface area contributed by atoms with Gasteiger partial charge in [-0.15, -0.1) is 0 Å². The number of rotatable bonds is 6. The Labute approximate surface area is 201 Å². The minimum atomic E-state index is -0.513. The summed E-state index contributed by atoms with van der Waals surface area (Å²) in [4.78, 5) is 41.2. The smallest absolute Gasteiger partial charge is 0.294 e. The van der Waals surface area contributed by atoms with E-state index in [1.54, 1.807) is 17.0 Å². The molecule has 33 heavy (non-hydrogen) atoms. The zero-order valence-electron chi connectivity index (χ0n) is 18.3. The zero-order chi connectivity index (χ0) is 23.5. The first kappa shape index (κ1) is 23.2. The lowest BCUT2D eigenvalue weighted by atomic mass is 10.00. The monoisotopic (exact) mass is 486 g/mol. The summed E-state index contributed by atoms with van der Waals surface area (Å²) in [6.07, 6.45) is 2.29. The summed E-state index contributed by atoms with van der Waals surface area (Å²) in [5, 5.41) is -0.128. The first-order valence-corrected chi connectivity index (χ1v) is 11.7. The van der Waals surface area contributed by atoms with Crippen molar-refractivity contribution in [1.29, 1.82) is 0 Å². The number of fused-ring (bicyclic) bond motifs is 1. The summed E-state index contributed by atoms with van der Waals surface area (Å²) >= 11 is 7.14. The number of thioether (sulfide) groups is 1. The van der Waals surface area contributed by atoms with E-state index in [1.807, 2.05) is 25.1 Å². The predicted molar refractivity (Wildman–Crippen MR) is 127 cm³/mol. The summed E-state index contributed by atoms with van der Waals surface area (Å²) in [5.74, 6) is 0.186. The second-order valence-corrected chi connectivity index (χ2v) is 8.96. The number of benzene rings is 2.